The van der Waals surface area contributed by atoms with Gasteiger partial charge in [0.25, 0.3) is 5.91 Å². The van der Waals surface area contributed by atoms with Crippen LogP contribution >= 0.6 is 34.5 Å². The van der Waals surface area contributed by atoms with Gasteiger partial charge in [0.1, 0.15) is 16.5 Å². The molecule has 0 atom stereocenters. The predicted octanol–water partition coefficient (Wildman–Crippen LogP) is 4.16. The maximum absolute atomic E-state index is 12.5. The second-order valence-corrected chi connectivity index (χ2v) is 7.60. The molecule has 136 valence electrons. The fraction of sp³-hybridized carbons (Fsp3) is 0.294. The van der Waals surface area contributed by atoms with Crippen molar-refractivity contribution in [2.24, 2.45) is 0 Å². The van der Waals surface area contributed by atoms with Crippen molar-refractivity contribution in [3.8, 4) is 0 Å². The van der Waals surface area contributed by atoms with Gasteiger partial charge in [-0.2, -0.15) is 0 Å². The molecule has 0 spiro atoms. The Hall–Kier alpha value is -1.96. The third-order valence-corrected chi connectivity index (χ3v) is 5.48. The Bertz CT molecular complexity index is 989. The second-order valence-electron chi connectivity index (χ2n) is 5.76. The van der Waals surface area contributed by atoms with Crippen molar-refractivity contribution >= 4 is 56.5 Å². The van der Waals surface area contributed by atoms with Gasteiger partial charge in [0, 0.05) is 30.4 Å². The zero-order chi connectivity index (χ0) is 18.8. The number of hydrogen-bond donors (Lipinski definition) is 2. The molecule has 3 rings (SSSR count). The Kier molecular flexibility index (Phi) is 5.60. The van der Waals surface area contributed by atoms with E-state index >= 15 is 0 Å². The smallest absolute Gasteiger partial charge is 0.261 e. The van der Waals surface area contributed by atoms with Crippen LogP contribution in [0.15, 0.2) is 12.3 Å². The van der Waals surface area contributed by atoms with E-state index < -0.39 is 0 Å². The van der Waals surface area contributed by atoms with Crippen molar-refractivity contribution in [1.82, 2.24) is 20.3 Å². The summed E-state index contributed by atoms with van der Waals surface area (Å²) in [5, 5.41) is 7.84. The fourth-order valence-electron chi connectivity index (χ4n) is 2.67. The minimum absolute atomic E-state index is 0.125. The van der Waals surface area contributed by atoms with Gasteiger partial charge in [-0.1, -0.05) is 23.2 Å². The number of thiophene rings is 1. The number of carbonyl (C=O) groups is 1. The molecule has 0 saturated carbocycles. The summed E-state index contributed by atoms with van der Waals surface area (Å²) in [5.41, 5.74) is 1.81. The number of carbonyl (C=O) groups excluding carboxylic acids is 1. The molecule has 3 aromatic rings. The van der Waals surface area contributed by atoms with E-state index in [4.69, 9.17) is 23.2 Å². The summed E-state index contributed by atoms with van der Waals surface area (Å²) in [6.07, 6.45) is 1.51. The standard InChI is InChI=1S/C17H17Cl2N5OS/c1-8-13-9(2)23-10(3)24-17(13)26-14(8)16(25)21-5-4-20-15-12(19)6-11(18)7-22-15/h6-7H,4-5H2,1-3H3,(H,20,22)(H,21,25). The van der Waals surface area contributed by atoms with Crippen LogP contribution in [-0.2, 0) is 0 Å². The highest BCUT2D eigenvalue weighted by atomic mass is 35.5. The number of pyridine rings is 1. The molecule has 0 aliphatic rings. The molecular formula is C17H17Cl2N5OS. The molecule has 0 aromatic carbocycles. The van der Waals surface area contributed by atoms with Gasteiger partial charge in [-0.3, -0.25) is 4.79 Å². The van der Waals surface area contributed by atoms with Crippen LogP contribution in [0, 0.1) is 20.8 Å². The number of rotatable bonds is 5. The Labute approximate surface area is 165 Å². The number of nitrogens with one attached hydrogen (secondary N) is 2. The number of anilines is 1. The lowest BCUT2D eigenvalue weighted by Crippen LogP contribution is -2.28. The summed E-state index contributed by atoms with van der Waals surface area (Å²) >= 11 is 13.3. The Balaban J connectivity index is 1.64. The van der Waals surface area contributed by atoms with E-state index in [0.717, 1.165) is 21.5 Å². The lowest BCUT2D eigenvalue weighted by molar-refractivity contribution is 0.0959. The van der Waals surface area contributed by atoms with Gasteiger partial charge >= 0.3 is 0 Å². The average Bonchev–Trinajstić information content (AvgIpc) is 2.89. The van der Waals surface area contributed by atoms with Crippen LogP contribution in [-0.4, -0.2) is 33.9 Å². The largest absolute Gasteiger partial charge is 0.367 e. The van der Waals surface area contributed by atoms with E-state index in [1.54, 1.807) is 6.07 Å². The van der Waals surface area contributed by atoms with Crippen LogP contribution in [0.3, 0.4) is 0 Å². The van der Waals surface area contributed by atoms with Gasteiger partial charge < -0.3 is 10.6 Å². The van der Waals surface area contributed by atoms with Crippen molar-refractivity contribution in [2.75, 3.05) is 18.4 Å². The number of aromatic nitrogens is 3. The topological polar surface area (TPSA) is 79.8 Å². The molecule has 9 heteroatoms. The third-order valence-electron chi connectivity index (χ3n) is 3.80. The quantitative estimate of drug-likeness (QED) is 0.618. The number of nitrogens with zero attached hydrogens (tertiary/aromatic N) is 3. The molecule has 0 unspecified atom stereocenters. The first kappa shape index (κ1) is 18.8. The SMILES string of the molecule is Cc1nc(C)c2c(C)c(C(=O)NCCNc3ncc(Cl)cc3Cl)sc2n1. The molecule has 0 aliphatic heterocycles. The highest BCUT2D eigenvalue weighted by Crippen LogP contribution is 2.31. The Morgan fingerprint density at radius 2 is 1.96 bits per heavy atom. The van der Waals surface area contributed by atoms with Gasteiger partial charge in [0.05, 0.1) is 14.9 Å². The number of fused-ring (bicyclic) bond motifs is 1. The first-order valence-corrected chi connectivity index (χ1v) is 9.51. The molecule has 1 amide bonds. The lowest BCUT2D eigenvalue weighted by Gasteiger charge is -2.08. The molecular weight excluding hydrogens is 393 g/mol. The van der Waals surface area contributed by atoms with Crippen molar-refractivity contribution in [1.29, 1.82) is 0 Å². The summed E-state index contributed by atoms with van der Waals surface area (Å²) in [5.74, 6) is 1.11. The number of aryl methyl sites for hydroxylation is 3. The number of hydrogen-bond acceptors (Lipinski definition) is 6. The Morgan fingerprint density at radius 1 is 1.19 bits per heavy atom. The van der Waals surface area contributed by atoms with E-state index in [-0.39, 0.29) is 5.91 Å². The van der Waals surface area contributed by atoms with Gasteiger partial charge in [0.2, 0.25) is 0 Å². The second kappa shape index (κ2) is 7.73. The first-order valence-electron chi connectivity index (χ1n) is 7.94. The molecule has 6 nitrogen and oxygen atoms in total. The monoisotopic (exact) mass is 409 g/mol. The minimum atomic E-state index is -0.125. The van der Waals surface area contributed by atoms with E-state index in [2.05, 4.69) is 25.6 Å². The molecule has 26 heavy (non-hydrogen) atoms. The summed E-state index contributed by atoms with van der Waals surface area (Å²) in [4.78, 5) is 26.9. The summed E-state index contributed by atoms with van der Waals surface area (Å²) in [6, 6.07) is 1.61. The highest BCUT2D eigenvalue weighted by molar-refractivity contribution is 7.20. The maximum atomic E-state index is 12.5. The molecule has 0 bridgehead atoms. The first-order chi connectivity index (χ1) is 12.4. The lowest BCUT2D eigenvalue weighted by atomic mass is 10.1. The Morgan fingerprint density at radius 3 is 2.69 bits per heavy atom. The minimum Gasteiger partial charge on any atom is -0.367 e. The predicted molar refractivity (Wildman–Crippen MR) is 107 cm³/mol. The van der Waals surface area contributed by atoms with Gasteiger partial charge in [-0.15, -0.1) is 11.3 Å². The van der Waals surface area contributed by atoms with Crippen molar-refractivity contribution in [2.45, 2.75) is 20.8 Å². The molecule has 0 fully saturated rings. The van der Waals surface area contributed by atoms with Crippen LogP contribution in [0.25, 0.3) is 10.2 Å². The van der Waals surface area contributed by atoms with E-state index in [9.17, 15) is 4.79 Å². The average molecular weight is 410 g/mol. The van der Waals surface area contributed by atoms with Crippen LogP contribution < -0.4 is 10.6 Å². The van der Waals surface area contributed by atoms with Crippen LogP contribution in [0.5, 0.6) is 0 Å². The van der Waals surface area contributed by atoms with Gasteiger partial charge in [-0.25, -0.2) is 15.0 Å². The number of halogens is 2. The summed E-state index contributed by atoms with van der Waals surface area (Å²) in [7, 11) is 0. The van der Waals surface area contributed by atoms with Crippen LogP contribution in [0.1, 0.15) is 26.8 Å². The van der Waals surface area contributed by atoms with E-state index in [1.165, 1.54) is 17.5 Å². The van der Waals surface area contributed by atoms with Gasteiger partial charge in [0.15, 0.2) is 0 Å². The molecule has 0 radical (unpaired) electrons. The number of amides is 1. The molecule has 0 aliphatic carbocycles. The van der Waals surface area contributed by atoms with Gasteiger partial charge in [-0.05, 0) is 32.4 Å². The normalized spacial score (nSPS) is 11.0. The fourth-order valence-corrected chi connectivity index (χ4v) is 4.31. The van der Waals surface area contributed by atoms with Crippen LogP contribution in [0.4, 0.5) is 5.82 Å². The van der Waals surface area contributed by atoms with Crippen LogP contribution in [0.2, 0.25) is 10.0 Å². The summed E-state index contributed by atoms with van der Waals surface area (Å²) in [6.45, 7) is 6.63. The molecule has 2 N–H and O–H groups in total. The molecule has 3 aromatic heterocycles. The molecule has 0 saturated heterocycles. The van der Waals surface area contributed by atoms with E-state index in [1.807, 2.05) is 20.8 Å². The molecule has 3 heterocycles. The summed E-state index contributed by atoms with van der Waals surface area (Å²) < 4.78 is 0. The zero-order valence-electron chi connectivity index (χ0n) is 14.5. The van der Waals surface area contributed by atoms with Crippen molar-refractivity contribution in [3.63, 3.8) is 0 Å². The van der Waals surface area contributed by atoms with E-state index in [0.29, 0.717) is 39.7 Å². The highest BCUT2D eigenvalue weighted by Gasteiger charge is 2.18. The zero-order valence-corrected chi connectivity index (χ0v) is 16.8. The third kappa shape index (κ3) is 3.90. The van der Waals surface area contributed by atoms with Crippen molar-refractivity contribution < 1.29 is 4.79 Å². The van der Waals surface area contributed by atoms with Crippen molar-refractivity contribution in [3.05, 3.63) is 44.3 Å². The maximum Gasteiger partial charge on any atom is 0.261 e.